The Balaban J connectivity index is 2.27. The first-order chi connectivity index (χ1) is 10.6. The van der Waals surface area contributed by atoms with Crippen LogP contribution < -0.4 is 10.1 Å². The highest BCUT2D eigenvalue weighted by Crippen LogP contribution is 2.32. The summed E-state index contributed by atoms with van der Waals surface area (Å²) in [5.41, 5.74) is 0.576. The average Bonchev–Trinajstić information content (AvgIpc) is 2.50. The summed E-state index contributed by atoms with van der Waals surface area (Å²) in [7, 11) is -0.516. The highest BCUT2D eigenvalue weighted by atomic mass is 35.5. The van der Waals surface area contributed by atoms with Gasteiger partial charge in [0.1, 0.15) is 11.6 Å². The number of H-pyrrole nitrogens is 1. The van der Waals surface area contributed by atoms with Crippen molar-refractivity contribution in [2.75, 3.05) is 0 Å². The second-order valence-corrected chi connectivity index (χ2v) is 5.59. The lowest BCUT2D eigenvalue weighted by Crippen LogP contribution is -2.09. The van der Waals surface area contributed by atoms with Crippen molar-refractivity contribution >= 4 is 42.8 Å². The first-order valence-electron chi connectivity index (χ1n) is 6.07. The summed E-state index contributed by atoms with van der Waals surface area (Å²) in [5, 5.41) is 1.26. The number of hydrogen-bond donors (Lipinski definition) is 1. The summed E-state index contributed by atoms with van der Waals surface area (Å²) in [4.78, 5) is 19.2. The molecule has 0 saturated heterocycles. The minimum Gasteiger partial charge on any atom is -0.407 e. The Bertz CT molecular complexity index is 943. The van der Waals surface area contributed by atoms with Gasteiger partial charge in [-0.2, -0.15) is 0 Å². The van der Waals surface area contributed by atoms with Gasteiger partial charge in [0.25, 0.3) is 5.56 Å². The van der Waals surface area contributed by atoms with Gasteiger partial charge in [-0.3, -0.25) is 4.79 Å². The molecular formula is C14H7Cl2N2O3P. The van der Waals surface area contributed by atoms with E-state index >= 15 is 0 Å². The molecule has 0 radical (unpaired) electrons. The molecule has 110 valence electrons. The van der Waals surface area contributed by atoms with Crippen molar-refractivity contribution in [3.05, 3.63) is 56.8 Å². The highest BCUT2D eigenvalue weighted by molar-refractivity contribution is 7.17. The predicted molar refractivity (Wildman–Crippen MR) is 86.1 cm³/mol. The molecule has 22 heavy (non-hydrogen) atoms. The van der Waals surface area contributed by atoms with Crippen molar-refractivity contribution in [3.63, 3.8) is 0 Å². The Hall–Kier alpha value is -1.94. The number of aromatic amines is 1. The summed E-state index contributed by atoms with van der Waals surface area (Å²) >= 11 is 11.9. The fraction of sp³-hybridized carbons (Fsp3) is 0. The van der Waals surface area contributed by atoms with Crippen LogP contribution in [0.15, 0.2) is 41.2 Å². The van der Waals surface area contributed by atoms with Gasteiger partial charge in [-0.05, 0) is 36.4 Å². The van der Waals surface area contributed by atoms with Crippen LogP contribution in [0.3, 0.4) is 0 Å². The van der Waals surface area contributed by atoms with Gasteiger partial charge < -0.3 is 9.51 Å². The molecule has 5 nitrogen and oxygen atoms in total. The lowest BCUT2D eigenvalue weighted by Gasteiger charge is -2.08. The Labute approximate surface area is 136 Å². The van der Waals surface area contributed by atoms with Gasteiger partial charge in [-0.15, -0.1) is 0 Å². The second kappa shape index (κ2) is 6.05. The molecule has 3 aromatic rings. The van der Waals surface area contributed by atoms with Crippen LogP contribution in [-0.2, 0) is 4.57 Å². The number of rotatable bonds is 3. The Kier molecular flexibility index (Phi) is 4.12. The molecule has 1 N–H and O–H groups in total. The Morgan fingerprint density at radius 3 is 2.59 bits per heavy atom. The lowest BCUT2D eigenvalue weighted by atomic mass is 10.1. The molecule has 0 fully saturated rings. The highest BCUT2D eigenvalue weighted by Gasteiger charge is 2.12. The molecule has 8 heteroatoms. The largest absolute Gasteiger partial charge is 0.407 e. The van der Waals surface area contributed by atoms with Gasteiger partial charge in [-0.25, -0.2) is 9.55 Å². The maximum atomic E-state index is 12.2. The third-order valence-corrected chi connectivity index (χ3v) is 3.74. The predicted octanol–water partition coefficient (Wildman–Crippen LogP) is 4.48. The molecule has 0 bridgehead atoms. The fourth-order valence-electron chi connectivity index (χ4n) is 2.05. The molecule has 0 atom stereocenters. The fourth-order valence-corrected chi connectivity index (χ4v) is 2.63. The summed E-state index contributed by atoms with van der Waals surface area (Å²) in [6.45, 7) is 0. The minimum absolute atomic E-state index is 0.265. The van der Waals surface area contributed by atoms with Crippen LogP contribution in [0.25, 0.3) is 22.3 Å². The van der Waals surface area contributed by atoms with E-state index in [0.29, 0.717) is 26.5 Å². The van der Waals surface area contributed by atoms with Crippen LogP contribution >= 0.6 is 31.9 Å². The lowest BCUT2D eigenvalue weighted by molar-refractivity contribution is 0.526. The number of benzene rings is 2. The minimum atomic E-state index is -0.516. The number of nitrogens with zero attached hydrogens (tertiary/aromatic N) is 1. The summed E-state index contributed by atoms with van der Waals surface area (Å²) < 4.78 is 15.7. The molecule has 0 amide bonds. The van der Waals surface area contributed by atoms with Crippen molar-refractivity contribution in [3.8, 4) is 17.1 Å². The molecule has 0 aliphatic rings. The molecular weight excluding hydrogens is 346 g/mol. The Morgan fingerprint density at radius 1 is 1.09 bits per heavy atom. The van der Waals surface area contributed by atoms with E-state index in [4.69, 9.17) is 27.7 Å². The topological polar surface area (TPSA) is 72.0 Å². The smallest absolute Gasteiger partial charge is 0.395 e. The quantitative estimate of drug-likeness (QED) is 0.705. The van der Waals surface area contributed by atoms with Crippen molar-refractivity contribution < 1.29 is 9.09 Å². The van der Waals surface area contributed by atoms with E-state index in [-0.39, 0.29) is 17.1 Å². The molecule has 0 spiro atoms. The maximum Gasteiger partial charge on any atom is 0.395 e. The first-order valence-corrected chi connectivity index (χ1v) is 7.56. The van der Waals surface area contributed by atoms with E-state index in [0.717, 1.165) is 0 Å². The first kappa shape index (κ1) is 15.0. The van der Waals surface area contributed by atoms with E-state index in [9.17, 15) is 9.36 Å². The molecule has 1 aromatic heterocycles. The van der Waals surface area contributed by atoms with Gasteiger partial charge in [-0.1, -0.05) is 23.2 Å². The van der Waals surface area contributed by atoms with Gasteiger partial charge in [0.15, 0.2) is 0 Å². The standard InChI is InChI=1S/C14H7Cl2N2O3P/c15-7-1-3-11-9(5-7)14(19)18-13(17-11)10-6-8(16)2-4-12(10)21-22-20/h1-6H,(H,17,18,19). The zero-order valence-corrected chi connectivity index (χ0v) is 13.2. The van der Waals surface area contributed by atoms with Crippen LogP contribution in [0.2, 0.25) is 10.0 Å². The van der Waals surface area contributed by atoms with Gasteiger partial charge >= 0.3 is 8.69 Å². The van der Waals surface area contributed by atoms with Crippen molar-refractivity contribution in [1.82, 2.24) is 9.97 Å². The van der Waals surface area contributed by atoms with Crippen LogP contribution in [0.4, 0.5) is 0 Å². The van der Waals surface area contributed by atoms with Crippen LogP contribution in [0.1, 0.15) is 0 Å². The van der Waals surface area contributed by atoms with E-state index < -0.39 is 8.69 Å². The summed E-state index contributed by atoms with van der Waals surface area (Å²) in [6, 6.07) is 9.54. The van der Waals surface area contributed by atoms with E-state index in [2.05, 4.69) is 9.97 Å². The van der Waals surface area contributed by atoms with Crippen molar-refractivity contribution in [1.29, 1.82) is 0 Å². The Morgan fingerprint density at radius 2 is 1.82 bits per heavy atom. The molecule has 2 aromatic carbocycles. The number of aromatic nitrogens is 2. The van der Waals surface area contributed by atoms with Crippen LogP contribution in [-0.4, -0.2) is 9.97 Å². The van der Waals surface area contributed by atoms with Crippen molar-refractivity contribution in [2.24, 2.45) is 0 Å². The van der Waals surface area contributed by atoms with Crippen LogP contribution in [0, 0.1) is 0 Å². The number of halogens is 2. The summed E-state index contributed by atoms with van der Waals surface area (Å²) in [6.07, 6.45) is 0. The van der Waals surface area contributed by atoms with Gasteiger partial charge in [0, 0.05) is 10.0 Å². The maximum absolute atomic E-state index is 12.2. The zero-order valence-electron chi connectivity index (χ0n) is 10.8. The number of hydrogen-bond acceptors (Lipinski definition) is 4. The third kappa shape index (κ3) is 2.83. The molecule has 0 saturated carbocycles. The average molecular weight is 353 g/mol. The molecule has 0 aliphatic carbocycles. The second-order valence-electron chi connectivity index (χ2n) is 4.38. The van der Waals surface area contributed by atoms with Crippen LogP contribution in [0.5, 0.6) is 5.75 Å². The zero-order chi connectivity index (χ0) is 15.7. The molecule has 0 unspecified atom stereocenters. The monoisotopic (exact) mass is 352 g/mol. The number of fused-ring (bicyclic) bond motifs is 1. The van der Waals surface area contributed by atoms with E-state index in [1.807, 2.05) is 0 Å². The van der Waals surface area contributed by atoms with E-state index in [1.54, 1.807) is 30.3 Å². The molecule has 3 rings (SSSR count). The van der Waals surface area contributed by atoms with Gasteiger partial charge in [0.05, 0.1) is 16.5 Å². The van der Waals surface area contributed by atoms with Gasteiger partial charge in [0.2, 0.25) is 0 Å². The third-order valence-electron chi connectivity index (χ3n) is 3.00. The normalized spacial score (nSPS) is 11.0. The van der Waals surface area contributed by atoms with Crippen molar-refractivity contribution in [2.45, 2.75) is 0 Å². The molecule has 0 aliphatic heterocycles. The molecule has 1 heterocycles. The number of nitrogens with one attached hydrogen (secondary N) is 1. The van der Waals surface area contributed by atoms with E-state index in [1.165, 1.54) is 6.07 Å². The SMILES string of the molecule is O=POc1ccc(Cl)cc1-c1nc2ccc(Cl)cc2c(=O)[nH]1. The summed E-state index contributed by atoms with van der Waals surface area (Å²) in [5.74, 6) is 0.554.